The number of imidazole rings is 1. The van der Waals surface area contributed by atoms with E-state index in [0.717, 1.165) is 5.56 Å². The Morgan fingerprint density at radius 3 is 3.00 bits per heavy atom. The summed E-state index contributed by atoms with van der Waals surface area (Å²) in [6.45, 7) is 3.15. The Hall–Kier alpha value is -2.30. The van der Waals surface area contributed by atoms with E-state index in [1.165, 1.54) is 0 Å². The minimum absolute atomic E-state index is 0.0763. The normalized spacial score (nSPS) is 10.3. The zero-order chi connectivity index (χ0) is 13.0. The molecule has 5 heteroatoms. The van der Waals surface area contributed by atoms with E-state index in [1.807, 2.05) is 17.7 Å². The number of aromatic nitrogens is 2. The number of anilines is 1. The third-order valence-electron chi connectivity index (χ3n) is 2.71. The minimum atomic E-state index is -0.0763. The van der Waals surface area contributed by atoms with Crippen molar-refractivity contribution in [2.24, 2.45) is 0 Å². The fourth-order valence-corrected chi connectivity index (χ4v) is 1.75. The van der Waals surface area contributed by atoms with Crippen LogP contribution < -0.4 is 11.1 Å². The molecule has 0 unspecified atom stereocenters. The lowest BCUT2D eigenvalue weighted by molar-refractivity contribution is 0.0951. The third kappa shape index (κ3) is 2.88. The van der Waals surface area contributed by atoms with Crippen molar-refractivity contribution < 1.29 is 4.79 Å². The monoisotopic (exact) mass is 244 g/mol. The van der Waals surface area contributed by atoms with Crippen LogP contribution in [0.2, 0.25) is 0 Å². The van der Waals surface area contributed by atoms with Gasteiger partial charge in [-0.3, -0.25) is 4.79 Å². The Kier molecular flexibility index (Phi) is 3.62. The molecule has 0 aliphatic carbocycles. The Bertz CT molecular complexity index is 534. The summed E-state index contributed by atoms with van der Waals surface area (Å²) in [7, 11) is 0. The fraction of sp³-hybridized carbons (Fsp3) is 0.231. The number of carbonyl (C=O) groups is 1. The van der Waals surface area contributed by atoms with Crippen LogP contribution in [0, 0.1) is 6.92 Å². The van der Waals surface area contributed by atoms with E-state index in [0.29, 0.717) is 24.3 Å². The molecule has 1 aromatic carbocycles. The van der Waals surface area contributed by atoms with Crippen LogP contribution in [-0.2, 0) is 6.54 Å². The van der Waals surface area contributed by atoms with Crippen LogP contribution >= 0.6 is 0 Å². The second kappa shape index (κ2) is 5.35. The number of carbonyl (C=O) groups excluding carboxylic acids is 1. The van der Waals surface area contributed by atoms with E-state index in [9.17, 15) is 4.79 Å². The summed E-state index contributed by atoms with van der Waals surface area (Å²) in [5.74, 6) is -0.0763. The van der Waals surface area contributed by atoms with E-state index >= 15 is 0 Å². The van der Waals surface area contributed by atoms with Gasteiger partial charge < -0.3 is 15.6 Å². The molecule has 94 valence electrons. The van der Waals surface area contributed by atoms with Gasteiger partial charge in [0.15, 0.2) is 0 Å². The second-order valence-corrected chi connectivity index (χ2v) is 4.13. The zero-order valence-electron chi connectivity index (χ0n) is 10.3. The number of nitrogens with two attached hydrogens (primary N) is 1. The molecule has 18 heavy (non-hydrogen) atoms. The highest BCUT2D eigenvalue weighted by Crippen LogP contribution is 2.12. The predicted octanol–water partition coefficient (Wildman–Crippen LogP) is 1.20. The second-order valence-electron chi connectivity index (χ2n) is 4.13. The number of nitrogen functional groups attached to an aromatic ring is 1. The summed E-state index contributed by atoms with van der Waals surface area (Å²) in [4.78, 5) is 15.9. The number of rotatable bonds is 4. The van der Waals surface area contributed by atoms with Crippen molar-refractivity contribution in [3.05, 3.63) is 48.0 Å². The fourth-order valence-electron chi connectivity index (χ4n) is 1.75. The molecule has 0 bridgehead atoms. The van der Waals surface area contributed by atoms with Gasteiger partial charge in [0.1, 0.15) is 0 Å². The number of hydrogen-bond acceptors (Lipinski definition) is 3. The van der Waals surface area contributed by atoms with Crippen molar-refractivity contribution in [1.29, 1.82) is 0 Å². The lowest BCUT2D eigenvalue weighted by atomic mass is 10.1. The van der Waals surface area contributed by atoms with Gasteiger partial charge in [-0.1, -0.05) is 0 Å². The third-order valence-corrected chi connectivity index (χ3v) is 2.71. The highest BCUT2D eigenvalue weighted by atomic mass is 16.1. The number of benzene rings is 1. The first-order valence-electron chi connectivity index (χ1n) is 5.77. The van der Waals surface area contributed by atoms with Crippen molar-refractivity contribution in [1.82, 2.24) is 14.9 Å². The van der Waals surface area contributed by atoms with Gasteiger partial charge in [0.05, 0.1) is 6.33 Å². The molecule has 3 N–H and O–H groups in total. The maximum Gasteiger partial charge on any atom is 0.251 e. The van der Waals surface area contributed by atoms with Gasteiger partial charge in [-0.2, -0.15) is 0 Å². The molecule has 1 amide bonds. The largest absolute Gasteiger partial charge is 0.399 e. The Morgan fingerprint density at radius 2 is 2.33 bits per heavy atom. The van der Waals surface area contributed by atoms with Gasteiger partial charge in [-0.05, 0) is 30.7 Å². The molecule has 0 aliphatic heterocycles. The van der Waals surface area contributed by atoms with Gasteiger partial charge >= 0.3 is 0 Å². The molecule has 0 spiro atoms. The topological polar surface area (TPSA) is 72.9 Å². The average molecular weight is 244 g/mol. The Balaban J connectivity index is 1.91. The number of amides is 1. The van der Waals surface area contributed by atoms with Gasteiger partial charge in [0, 0.05) is 36.7 Å². The molecule has 2 aromatic rings. The molecular formula is C13H16N4O. The molecule has 1 aromatic heterocycles. The minimum Gasteiger partial charge on any atom is -0.399 e. The van der Waals surface area contributed by atoms with Crippen molar-refractivity contribution in [3.63, 3.8) is 0 Å². The quantitative estimate of drug-likeness (QED) is 0.794. The Morgan fingerprint density at radius 1 is 1.50 bits per heavy atom. The van der Waals surface area contributed by atoms with E-state index < -0.39 is 0 Å². The van der Waals surface area contributed by atoms with Crippen LogP contribution in [0.25, 0.3) is 0 Å². The van der Waals surface area contributed by atoms with Gasteiger partial charge in [0.25, 0.3) is 5.91 Å². The van der Waals surface area contributed by atoms with Gasteiger partial charge in [-0.25, -0.2) is 4.98 Å². The molecule has 0 saturated carbocycles. The lowest BCUT2D eigenvalue weighted by Gasteiger charge is -2.08. The summed E-state index contributed by atoms with van der Waals surface area (Å²) in [6, 6.07) is 5.28. The van der Waals surface area contributed by atoms with Gasteiger partial charge in [0.2, 0.25) is 0 Å². The van der Waals surface area contributed by atoms with Crippen molar-refractivity contribution in [3.8, 4) is 0 Å². The van der Waals surface area contributed by atoms with E-state index in [2.05, 4.69) is 10.3 Å². The molecular weight excluding hydrogens is 228 g/mol. The summed E-state index contributed by atoms with van der Waals surface area (Å²) in [6.07, 6.45) is 5.30. The van der Waals surface area contributed by atoms with E-state index in [1.54, 1.807) is 30.7 Å². The van der Waals surface area contributed by atoms with E-state index in [4.69, 9.17) is 5.73 Å². The molecule has 0 aliphatic rings. The number of aryl methyl sites for hydroxylation is 1. The first-order chi connectivity index (χ1) is 8.66. The number of nitrogens with zero attached hydrogens (tertiary/aromatic N) is 2. The Labute approximate surface area is 106 Å². The molecule has 2 rings (SSSR count). The van der Waals surface area contributed by atoms with Crippen LogP contribution in [0.1, 0.15) is 15.9 Å². The molecule has 0 fully saturated rings. The van der Waals surface area contributed by atoms with Crippen LogP contribution in [0.4, 0.5) is 5.69 Å². The summed E-state index contributed by atoms with van der Waals surface area (Å²) in [5, 5.41) is 2.87. The SMILES string of the molecule is Cc1cc(N)ccc1C(=O)NCCn1ccnc1. The van der Waals surface area contributed by atoms with Crippen LogP contribution in [0.5, 0.6) is 0 Å². The molecule has 1 heterocycles. The van der Waals surface area contributed by atoms with Crippen molar-refractivity contribution >= 4 is 11.6 Å². The average Bonchev–Trinajstić information content (AvgIpc) is 2.81. The first-order valence-corrected chi connectivity index (χ1v) is 5.77. The van der Waals surface area contributed by atoms with Crippen molar-refractivity contribution in [2.75, 3.05) is 12.3 Å². The highest BCUT2D eigenvalue weighted by Gasteiger charge is 2.07. The maximum absolute atomic E-state index is 11.9. The standard InChI is InChI=1S/C13H16N4O/c1-10-8-11(14)2-3-12(10)13(18)16-5-7-17-6-4-15-9-17/h2-4,6,8-9H,5,7,14H2,1H3,(H,16,18). The molecule has 5 nitrogen and oxygen atoms in total. The molecule has 0 saturated heterocycles. The van der Waals surface area contributed by atoms with Crippen LogP contribution in [-0.4, -0.2) is 22.0 Å². The van der Waals surface area contributed by atoms with E-state index in [-0.39, 0.29) is 5.91 Å². The summed E-state index contributed by atoms with van der Waals surface area (Å²) >= 11 is 0. The summed E-state index contributed by atoms with van der Waals surface area (Å²) < 4.78 is 1.91. The zero-order valence-corrected chi connectivity index (χ0v) is 10.3. The predicted molar refractivity (Wildman–Crippen MR) is 70.2 cm³/mol. The smallest absolute Gasteiger partial charge is 0.251 e. The summed E-state index contributed by atoms with van der Waals surface area (Å²) in [5.41, 5.74) is 7.87. The van der Waals surface area contributed by atoms with Crippen LogP contribution in [0.15, 0.2) is 36.9 Å². The maximum atomic E-state index is 11.9. The highest BCUT2D eigenvalue weighted by molar-refractivity contribution is 5.95. The van der Waals surface area contributed by atoms with Gasteiger partial charge in [-0.15, -0.1) is 0 Å². The van der Waals surface area contributed by atoms with Crippen molar-refractivity contribution in [2.45, 2.75) is 13.5 Å². The number of nitrogens with one attached hydrogen (secondary N) is 1. The molecule has 0 atom stereocenters. The molecule has 0 radical (unpaired) electrons. The number of hydrogen-bond donors (Lipinski definition) is 2. The first kappa shape index (κ1) is 12.2. The van der Waals surface area contributed by atoms with Crippen LogP contribution in [0.3, 0.4) is 0 Å². The lowest BCUT2D eigenvalue weighted by Crippen LogP contribution is -2.27.